The molecule has 8 heteroatoms. The Morgan fingerprint density at radius 1 is 0.755 bits per heavy atom. The van der Waals surface area contributed by atoms with E-state index in [1.54, 1.807) is 30.3 Å². The van der Waals surface area contributed by atoms with Gasteiger partial charge in [-0.05, 0) is 65.6 Å². The maximum atomic E-state index is 12.7. The Morgan fingerprint density at radius 3 is 2.08 bits per heavy atom. The third kappa shape index (κ3) is 8.36. The summed E-state index contributed by atoms with van der Waals surface area (Å²) < 4.78 is 41.6. The number of aliphatic hydroxyl groups excluding tert-OH is 1. The molecule has 5 atom stereocenters. The zero-order chi connectivity index (χ0) is 34.4. The maximum absolute atomic E-state index is 12.7. The number of hydrogen-bond acceptors (Lipinski definition) is 6. The number of sulfonamides is 1. The standard InChI is InChI=1S/C41H44N2O5S/c1-29-39(27-43(3)30(2)33-12-6-4-7-13-33)47-41(48-40(29)35-19-17-31(28-44)18-20-35)36-23-21-34(22-24-36)37-14-10-11-32(25-37)26-42-49(45,46)38-15-8-5-9-16-38/h4-25,29-30,39-42,44H,26-28H2,1-3H3/t29-,30+,39+,40+,41+/m1/s1. The van der Waals surface area contributed by atoms with Gasteiger partial charge in [0.15, 0.2) is 6.29 Å². The predicted molar refractivity (Wildman–Crippen MR) is 193 cm³/mol. The van der Waals surface area contributed by atoms with Crippen LogP contribution in [0.25, 0.3) is 11.1 Å². The molecule has 1 heterocycles. The second-order valence-corrected chi connectivity index (χ2v) is 14.6. The largest absolute Gasteiger partial charge is 0.392 e. The average Bonchev–Trinajstić information content (AvgIpc) is 3.15. The molecule has 0 aliphatic carbocycles. The van der Waals surface area contributed by atoms with Crippen LogP contribution >= 0.6 is 0 Å². The molecule has 1 aliphatic heterocycles. The van der Waals surface area contributed by atoms with E-state index in [4.69, 9.17) is 9.47 Å². The highest BCUT2D eigenvalue weighted by atomic mass is 32.2. The number of ether oxygens (including phenoxy) is 2. The highest BCUT2D eigenvalue weighted by molar-refractivity contribution is 7.89. The molecule has 0 radical (unpaired) electrons. The Balaban J connectivity index is 1.20. The van der Waals surface area contributed by atoms with E-state index in [0.29, 0.717) is 0 Å². The monoisotopic (exact) mass is 676 g/mol. The summed E-state index contributed by atoms with van der Waals surface area (Å²) in [5.74, 6) is 0.0722. The molecule has 0 bridgehead atoms. The second kappa shape index (κ2) is 15.6. The van der Waals surface area contributed by atoms with Crippen LogP contribution in [0.2, 0.25) is 0 Å². The third-order valence-electron chi connectivity index (χ3n) is 9.50. The fourth-order valence-corrected chi connectivity index (χ4v) is 7.35. The molecule has 0 saturated carbocycles. The van der Waals surface area contributed by atoms with E-state index in [1.807, 2.05) is 66.7 Å². The molecule has 2 N–H and O–H groups in total. The smallest absolute Gasteiger partial charge is 0.240 e. The number of hydrogen-bond donors (Lipinski definition) is 2. The number of benzene rings is 5. The number of nitrogens with zero attached hydrogens (tertiary/aromatic N) is 1. The molecule has 0 amide bonds. The van der Waals surface area contributed by atoms with Gasteiger partial charge in [0.05, 0.1) is 23.7 Å². The van der Waals surface area contributed by atoms with Crippen LogP contribution in [-0.4, -0.2) is 38.1 Å². The Hall–Kier alpha value is -4.15. The third-order valence-corrected chi connectivity index (χ3v) is 10.9. The van der Waals surface area contributed by atoms with Crippen LogP contribution in [0.15, 0.2) is 138 Å². The number of likely N-dealkylation sites (N-methyl/N-ethyl adjacent to an activating group) is 1. The van der Waals surface area contributed by atoms with Gasteiger partial charge in [0, 0.05) is 30.6 Å². The van der Waals surface area contributed by atoms with Gasteiger partial charge in [0.2, 0.25) is 10.0 Å². The molecule has 1 aliphatic rings. The minimum atomic E-state index is -3.61. The Kier molecular flexibility index (Phi) is 11.0. The van der Waals surface area contributed by atoms with Crippen molar-refractivity contribution in [1.82, 2.24) is 9.62 Å². The van der Waals surface area contributed by atoms with Crippen LogP contribution in [0, 0.1) is 5.92 Å². The van der Waals surface area contributed by atoms with Crippen LogP contribution in [0.3, 0.4) is 0 Å². The summed E-state index contributed by atoms with van der Waals surface area (Å²) in [5, 5.41) is 9.61. The molecule has 7 nitrogen and oxygen atoms in total. The van der Waals surface area contributed by atoms with Crippen LogP contribution in [0.5, 0.6) is 0 Å². The van der Waals surface area contributed by atoms with Crippen molar-refractivity contribution in [1.29, 1.82) is 0 Å². The van der Waals surface area contributed by atoms with Gasteiger partial charge < -0.3 is 14.6 Å². The first-order valence-electron chi connectivity index (χ1n) is 16.7. The summed E-state index contributed by atoms with van der Waals surface area (Å²) in [6.45, 7) is 5.30. The minimum Gasteiger partial charge on any atom is -0.392 e. The highest BCUT2D eigenvalue weighted by Crippen LogP contribution is 2.42. The van der Waals surface area contributed by atoms with E-state index in [-0.39, 0.29) is 42.2 Å². The molecule has 0 spiro atoms. The first-order valence-corrected chi connectivity index (χ1v) is 18.2. The molecule has 0 aromatic heterocycles. The van der Waals surface area contributed by atoms with Crippen LogP contribution in [-0.2, 0) is 32.6 Å². The molecule has 6 rings (SSSR count). The summed E-state index contributed by atoms with van der Waals surface area (Å²) in [5.41, 5.74) is 6.94. The fraction of sp³-hybridized carbons (Fsp3) is 0.268. The van der Waals surface area contributed by atoms with Crippen LogP contribution < -0.4 is 4.72 Å². The summed E-state index contributed by atoms with van der Waals surface area (Å²) in [4.78, 5) is 2.58. The lowest BCUT2D eigenvalue weighted by atomic mass is 9.89. The molecular weight excluding hydrogens is 633 g/mol. The molecule has 0 unspecified atom stereocenters. The topological polar surface area (TPSA) is 88.1 Å². The maximum Gasteiger partial charge on any atom is 0.240 e. The zero-order valence-corrected chi connectivity index (χ0v) is 29.0. The van der Waals surface area contributed by atoms with Crippen molar-refractivity contribution in [3.05, 3.63) is 161 Å². The van der Waals surface area contributed by atoms with Gasteiger partial charge in [-0.15, -0.1) is 0 Å². The lowest BCUT2D eigenvalue weighted by molar-refractivity contribution is -0.276. The normalized spacial score (nSPS) is 20.3. The number of rotatable bonds is 12. The van der Waals surface area contributed by atoms with Gasteiger partial charge in [0.25, 0.3) is 0 Å². The van der Waals surface area contributed by atoms with E-state index in [2.05, 4.69) is 66.9 Å². The van der Waals surface area contributed by atoms with Crippen molar-refractivity contribution in [2.75, 3.05) is 13.6 Å². The molecule has 1 fully saturated rings. The lowest BCUT2D eigenvalue weighted by Gasteiger charge is -2.43. The van der Waals surface area contributed by atoms with Gasteiger partial charge in [0.1, 0.15) is 0 Å². The minimum absolute atomic E-state index is 0.00353. The molecular formula is C41H44N2O5S. The van der Waals surface area contributed by atoms with E-state index in [1.165, 1.54) is 5.56 Å². The van der Waals surface area contributed by atoms with E-state index in [0.717, 1.165) is 39.9 Å². The van der Waals surface area contributed by atoms with Gasteiger partial charge in [-0.2, -0.15) is 0 Å². The van der Waals surface area contributed by atoms with E-state index in [9.17, 15) is 13.5 Å². The first-order chi connectivity index (χ1) is 23.7. The lowest BCUT2D eigenvalue weighted by Crippen LogP contribution is -2.44. The molecule has 49 heavy (non-hydrogen) atoms. The quantitative estimate of drug-likeness (QED) is 0.140. The number of aliphatic hydroxyl groups is 1. The van der Waals surface area contributed by atoms with Crippen LogP contribution in [0.1, 0.15) is 60.1 Å². The Labute approximate surface area is 290 Å². The average molecular weight is 677 g/mol. The van der Waals surface area contributed by atoms with Gasteiger partial charge in [-0.1, -0.05) is 122 Å². The second-order valence-electron chi connectivity index (χ2n) is 12.8. The Bertz CT molecular complexity index is 1900. The zero-order valence-electron chi connectivity index (χ0n) is 28.1. The first kappa shape index (κ1) is 34.7. The molecule has 5 aromatic carbocycles. The molecule has 5 aromatic rings. The van der Waals surface area contributed by atoms with Gasteiger partial charge in [-0.25, -0.2) is 13.1 Å². The van der Waals surface area contributed by atoms with Gasteiger partial charge >= 0.3 is 0 Å². The molecule has 254 valence electrons. The van der Waals surface area contributed by atoms with Crippen molar-refractivity contribution < 1.29 is 23.0 Å². The van der Waals surface area contributed by atoms with Crippen molar-refractivity contribution in [3.63, 3.8) is 0 Å². The van der Waals surface area contributed by atoms with Gasteiger partial charge in [-0.3, -0.25) is 4.90 Å². The number of nitrogens with one attached hydrogen (secondary N) is 1. The SMILES string of the molecule is C[C@@H]1[C@H](CN(C)[C@@H](C)c2ccccc2)O[C@H](c2ccc(-c3cccc(CNS(=O)(=O)c4ccccc4)c3)cc2)O[C@@H]1c1ccc(CO)cc1. The summed E-state index contributed by atoms with van der Waals surface area (Å²) in [7, 11) is -1.47. The predicted octanol–water partition coefficient (Wildman–Crippen LogP) is 7.81. The fourth-order valence-electron chi connectivity index (χ4n) is 6.31. The van der Waals surface area contributed by atoms with E-state index < -0.39 is 16.3 Å². The summed E-state index contributed by atoms with van der Waals surface area (Å²) >= 11 is 0. The van der Waals surface area contributed by atoms with Crippen molar-refractivity contribution in [2.24, 2.45) is 5.92 Å². The highest BCUT2D eigenvalue weighted by Gasteiger charge is 2.39. The van der Waals surface area contributed by atoms with Crippen LogP contribution in [0.4, 0.5) is 0 Å². The summed E-state index contributed by atoms with van der Waals surface area (Å²) in [6.07, 6.45) is -0.877. The van der Waals surface area contributed by atoms with Crippen molar-refractivity contribution in [2.45, 2.75) is 56.4 Å². The molecule has 1 saturated heterocycles. The van der Waals surface area contributed by atoms with Crippen molar-refractivity contribution >= 4 is 10.0 Å². The summed E-state index contributed by atoms with van der Waals surface area (Å²) in [6, 6.07) is 43.1. The van der Waals surface area contributed by atoms with E-state index >= 15 is 0 Å². The Morgan fingerprint density at radius 2 is 1.41 bits per heavy atom. The van der Waals surface area contributed by atoms with Crippen molar-refractivity contribution in [3.8, 4) is 11.1 Å².